The van der Waals surface area contributed by atoms with Crippen LogP contribution in [0.1, 0.15) is 27.9 Å². The van der Waals surface area contributed by atoms with E-state index in [0.29, 0.717) is 6.54 Å². The average molecular weight is 360 g/mol. The number of aryl methyl sites for hydroxylation is 1. The molecule has 25 heavy (non-hydrogen) atoms. The molecule has 0 bridgehead atoms. The number of nitro groups is 1. The molecule has 7 heteroatoms. The first kappa shape index (κ1) is 17.2. The minimum absolute atomic E-state index is 0.0683. The van der Waals surface area contributed by atoms with Crippen LogP contribution in [0.25, 0.3) is 0 Å². The Kier molecular flexibility index (Phi) is 4.90. The third-order valence-corrected chi connectivity index (χ3v) is 4.67. The van der Waals surface area contributed by atoms with Crippen LogP contribution in [0.4, 0.5) is 11.4 Å². The summed E-state index contributed by atoms with van der Waals surface area (Å²) >= 11 is 5.99. The fraction of sp³-hybridized carbons (Fsp3) is 0.278. The monoisotopic (exact) mass is 359 g/mol. The largest absolute Gasteiger partial charge is 0.374 e. The predicted molar refractivity (Wildman–Crippen MR) is 97.3 cm³/mol. The number of amides is 1. The molecular formula is C18H18ClN3O3. The number of rotatable bonds is 4. The molecule has 0 aliphatic carbocycles. The zero-order valence-electron chi connectivity index (χ0n) is 13.8. The minimum atomic E-state index is -0.544. The van der Waals surface area contributed by atoms with Crippen molar-refractivity contribution in [2.45, 2.75) is 19.4 Å². The Morgan fingerprint density at radius 3 is 2.84 bits per heavy atom. The van der Waals surface area contributed by atoms with Crippen LogP contribution >= 0.6 is 11.6 Å². The van der Waals surface area contributed by atoms with Crippen molar-refractivity contribution in [3.05, 3.63) is 68.2 Å². The molecule has 0 saturated heterocycles. The van der Waals surface area contributed by atoms with Crippen LogP contribution in [0.5, 0.6) is 0 Å². The smallest absolute Gasteiger partial charge is 0.270 e. The number of nitro benzene ring substituents is 1. The lowest BCUT2D eigenvalue weighted by Crippen LogP contribution is -2.26. The van der Waals surface area contributed by atoms with E-state index >= 15 is 0 Å². The highest BCUT2D eigenvalue weighted by atomic mass is 35.5. The standard InChI is InChI=1S/C18H18ClN3O3/c1-21-8-2-3-13-9-12(4-7-17(13)21)11-20-18(23)15-6-5-14(22(24)25)10-16(15)19/h4-7,9-10H,2-3,8,11H2,1H3,(H,20,23). The van der Waals surface area contributed by atoms with Crippen molar-refractivity contribution in [2.24, 2.45) is 0 Å². The Balaban J connectivity index is 1.69. The summed E-state index contributed by atoms with van der Waals surface area (Å²) in [7, 11) is 2.08. The number of non-ortho nitro benzene ring substituents is 1. The lowest BCUT2D eigenvalue weighted by molar-refractivity contribution is -0.384. The summed E-state index contributed by atoms with van der Waals surface area (Å²) in [5.41, 5.74) is 3.62. The normalized spacial score (nSPS) is 13.3. The van der Waals surface area contributed by atoms with Crippen molar-refractivity contribution >= 4 is 28.9 Å². The van der Waals surface area contributed by atoms with Gasteiger partial charge >= 0.3 is 0 Å². The second-order valence-electron chi connectivity index (χ2n) is 6.09. The molecule has 0 atom stereocenters. The highest BCUT2D eigenvalue weighted by Gasteiger charge is 2.16. The van der Waals surface area contributed by atoms with Crippen LogP contribution in [0.3, 0.4) is 0 Å². The highest BCUT2D eigenvalue weighted by molar-refractivity contribution is 6.34. The van der Waals surface area contributed by atoms with E-state index < -0.39 is 4.92 Å². The molecule has 0 aromatic heterocycles. The molecule has 0 saturated carbocycles. The maximum absolute atomic E-state index is 12.3. The van der Waals surface area contributed by atoms with Gasteiger partial charge in [-0.3, -0.25) is 14.9 Å². The van der Waals surface area contributed by atoms with Crippen molar-refractivity contribution in [1.29, 1.82) is 0 Å². The van der Waals surface area contributed by atoms with Gasteiger partial charge in [-0.15, -0.1) is 0 Å². The van der Waals surface area contributed by atoms with Crippen molar-refractivity contribution in [3.63, 3.8) is 0 Å². The van der Waals surface area contributed by atoms with Gasteiger partial charge in [0.15, 0.2) is 0 Å². The maximum atomic E-state index is 12.3. The Morgan fingerprint density at radius 1 is 1.32 bits per heavy atom. The average Bonchev–Trinajstić information content (AvgIpc) is 2.59. The molecule has 130 valence electrons. The van der Waals surface area contributed by atoms with Crippen LogP contribution in [0.2, 0.25) is 5.02 Å². The van der Waals surface area contributed by atoms with Gasteiger partial charge < -0.3 is 10.2 Å². The summed E-state index contributed by atoms with van der Waals surface area (Å²) in [5.74, 6) is -0.352. The van der Waals surface area contributed by atoms with E-state index in [9.17, 15) is 14.9 Å². The van der Waals surface area contributed by atoms with E-state index in [0.717, 1.165) is 24.9 Å². The lowest BCUT2D eigenvalue weighted by Gasteiger charge is -2.27. The summed E-state index contributed by atoms with van der Waals surface area (Å²) in [6.07, 6.45) is 2.16. The van der Waals surface area contributed by atoms with Crippen LogP contribution in [0.15, 0.2) is 36.4 Å². The molecule has 0 unspecified atom stereocenters. The summed E-state index contributed by atoms with van der Waals surface area (Å²) in [6.45, 7) is 1.44. The molecule has 1 heterocycles. The first-order valence-electron chi connectivity index (χ1n) is 8.01. The second-order valence-corrected chi connectivity index (χ2v) is 6.50. The van der Waals surface area contributed by atoms with Gasteiger partial charge in [-0.05, 0) is 36.1 Å². The third-order valence-electron chi connectivity index (χ3n) is 4.36. The number of halogens is 1. The van der Waals surface area contributed by atoms with Gasteiger partial charge in [0.2, 0.25) is 0 Å². The van der Waals surface area contributed by atoms with Gasteiger partial charge in [0, 0.05) is 38.0 Å². The minimum Gasteiger partial charge on any atom is -0.374 e. The molecule has 1 N–H and O–H groups in total. The number of carbonyl (C=O) groups is 1. The Bertz CT molecular complexity index is 838. The Labute approximate surface area is 150 Å². The second kappa shape index (κ2) is 7.11. The van der Waals surface area contributed by atoms with Gasteiger partial charge in [0.1, 0.15) is 0 Å². The predicted octanol–water partition coefficient (Wildman–Crippen LogP) is 3.56. The number of carbonyl (C=O) groups excluding carboxylic acids is 1. The van der Waals surface area contributed by atoms with E-state index in [1.807, 2.05) is 6.07 Å². The summed E-state index contributed by atoms with van der Waals surface area (Å²) in [5, 5.41) is 13.6. The number of benzene rings is 2. The number of nitrogens with zero attached hydrogens (tertiary/aromatic N) is 2. The third kappa shape index (κ3) is 3.74. The number of fused-ring (bicyclic) bond motifs is 1. The van der Waals surface area contributed by atoms with E-state index in [4.69, 9.17) is 11.6 Å². The molecule has 6 nitrogen and oxygen atoms in total. The zero-order chi connectivity index (χ0) is 18.0. The molecule has 1 amide bonds. The Morgan fingerprint density at radius 2 is 2.12 bits per heavy atom. The molecule has 1 aliphatic heterocycles. The summed E-state index contributed by atoms with van der Waals surface area (Å²) in [6, 6.07) is 10.0. The van der Waals surface area contributed by atoms with Crippen LogP contribution in [-0.2, 0) is 13.0 Å². The number of anilines is 1. The van der Waals surface area contributed by atoms with Crippen molar-refractivity contribution in [2.75, 3.05) is 18.5 Å². The van der Waals surface area contributed by atoms with Crippen molar-refractivity contribution < 1.29 is 9.72 Å². The Hall–Kier alpha value is -2.60. The van der Waals surface area contributed by atoms with Crippen LogP contribution in [-0.4, -0.2) is 24.4 Å². The van der Waals surface area contributed by atoms with E-state index in [1.165, 1.54) is 29.4 Å². The topological polar surface area (TPSA) is 75.5 Å². The maximum Gasteiger partial charge on any atom is 0.270 e. The van der Waals surface area contributed by atoms with Gasteiger partial charge in [-0.25, -0.2) is 0 Å². The molecular weight excluding hydrogens is 342 g/mol. The molecule has 0 fully saturated rings. The lowest BCUT2D eigenvalue weighted by atomic mass is 9.99. The van der Waals surface area contributed by atoms with Crippen LogP contribution < -0.4 is 10.2 Å². The highest BCUT2D eigenvalue weighted by Crippen LogP contribution is 2.27. The number of hydrogen-bond acceptors (Lipinski definition) is 4. The first-order chi connectivity index (χ1) is 12.0. The number of hydrogen-bond donors (Lipinski definition) is 1. The van der Waals surface area contributed by atoms with Crippen LogP contribution in [0, 0.1) is 10.1 Å². The molecule has 0 radical (unpaired) electrons. The fourth-order valence-corrected chi connectivity index (χ4v) is 3.29. The molecule has 2 aromatic carbocycles. The molecule has 3 rings (SSSR count). The summed E-state index contributed by atoms with van der Waals surface area (Å²) in [4.78, 5) is 24.7. The fourth-order valence-electron chi connectivity index (χ4n) is 3.03. The van der Waals surface area contributed by atoms with Crippen molar-refractivity contribution in [1.82, 2.24) is 5.32 Å². The molecule has 2 aromatic rings. The van der Waals surface area contributed by atoms with Gasteiger partial charge in [0.25, 0.3) is 11.6 Å². The van der Waals surface area contributed by atoms with E-state index in [2.05, 4.69) is 29.4 Å². The van der Waals surface area contributed by atoms with E-state index in [-0.39, 0.29) is 22.2 Å². The van der Waals surface area contributed by atoms with Gasteiger partial charge in [-0.1, -0.05) is 23.7 Å². The van der Waals surface area contributed by atoms with E-state index in [1.54, 1.807) is 0 Å². The molecule has 1 aliphatic rings. The first-order valence-corrected chi connectivity index (χ1v) is 8.38. The zero-order valence-corrected chi connectivity index (χ0v) is 14.5. The summed E-state index contributed by atoms with van der Waals surface area (Å²) < 4.78 is 0. The number of nitrogens with one attached hydrogen (secondary N) is 1. The van der Waals surface area contributed by atoms with Gasteiger partial charge in [-0.2, -0.15) is 0 Å². The van der Waals surface area contributed by atoms with Gasteiger partial charge in [0.05, 0.1) is 15.5 Å². The van der Waals surface area contributed by atoms with Crippen molar-refractivity contribution in [3.8, 4) is 0 Å². The molecule has 0 spiro atoms. The SMILES string of the molecule is CN1CCCc2cc(CNC(=O)c3ccc([N+](=O)[O-])cc3Cl)ccc21. The quantitative estimate of drug-likeness (QED) is 0.669.